The summed E-state index contributed by atoms with van der Waals surface area (Å²) < 4.78 is 34.9. The lowest BCUT2D eigenvalue weighted by Gasteiger charge is -2.09. The number of benzene rings is 1. The quantitative estimate of drug-likeness (QED) is 0.738. The van der Waals surface area contributed by atoms with Crippen LogP contribution < -0.4 is 4.72 Å². The Bertz CT molecular complexity index is 1050. The number of hydrogen-bond donors (Lipinski definition) is 1. The van der Waals surface area contributed by atoms with E-state index >= 15 is 0 Å². The highest BCUT2D eigenvalue weighted by atomic mass is 32.2. The van der Waals surface area contributed by atoms with E-state index < -0.39 is 10.0 Å². The van der Waals surface area contributed by atoms with Crippen molar-refractivity contribution in [2.45, 2.75) is 51.0 Å². The van der Waals surface area contributed by atoms with E-state index in [0.717, 1.165) is 43.0 Å². The van der Waals surface area contributed by atoms with Gasteiger partial charge in [0.2, 0.25) is 0 Å². The summed E-state index contributed by atoms with van der Waals surface area (Å²) in [6.45, 7) is 4.10. The van der Waals surface area contributed by atoms with Gasteiger partial charge in [-0.1, -0.05) is 11.6 Å². The molecule has 0 radical (unpaired) electrons. The zero-order chi connectivity index (χ0) is 19.0. The topological polar surface area (TPSA) is 103 Å². The minimum absolute atomic E-state index is 0.0781. The van der Waals surface area contributed by atoms with Crippen LogP contribution in [0.2, 0.25) is 0 Å². The van der Waals surface area contributed by atoms with Crippen molar-refractivity contribution in [2.75, 3.05) is 4.72 Å². The Morgan fingerprint density at radius 2 is 1.85 bits per heavy atom. The maximum atomic E-state index is 12.6. The van der Waals surface area contributed by atoms with E-state index in [-0.39, 0.29) is 10.7 Å². The van der Waals surface area contributed by atoms with Crippen LogP contribution in [-0.2, 0) is 23.0 Å². The van der Waals surface area contributed by atoms with Crippen LogP contribution >= 0.6 is 0 Å². The zero-order valence-electron chi connectivity index (χ0n) is 15.3. The van der Waals surface area contributed by atoms with Gasteiger partial charge in [0.1, 0.15) is 11.5 Å². The molecule has 0 spiro atoms. The maximum absolute atomic E-state index is 12.6. The first-order chi connectivity index (χ1) is 13.0. The van der Waals surface area contributed by atoms with Gasteiger partial charge in [-0.15, -0.1) is 10.2 Å². The molecule has 1 N–H and O–H groups in total. The molecule has 27 heavy (non-hydrogen) atoms. The van der Waals surface area contributed by atoms with Crippen molar-refractivity contribution < 1.29 is 12.9 Å². The number of nitrogens with one attached hydrogen (secondary N) is 1. The molecule has 0 saturated heterocycles. The van der Waals surface area contributed by atoms with Crippen LogP contribution in [0, 0.1) is 13.8 Å². The Kier molecular flexibility index (Phi) is 4.47. The van der Waals surface area contributed by atoms with Crippen LogP contribution in [0.5, 0.6) is 0 Å². The van der Waals surface area contributed by atoms with E-state index in [4.69, 9.17) is 4.52 Å². The van der Waals surface area contributed by atoms with E-state index in [9.17, 15) is 8.42 Å². The van der Waals surface area contributed by atoms with E-state index in [0.29, 0.717) is 11.4 Å². The van der Waals surface area contributed by atoms with Gasteiger partial charge in [0, 0.05) is 24.2 Å². The summed E-state index contributed by atoms with van der Waals surface area (Å²) in [7, 11) is -3.76. The average molecular weight is 387 g/mol. The fraction of sp³-hybridized carbons (Fsp3) is 0.389. The van der Waals surface area contributed by atoms with Crippen LogP contribution in [-0.4, -0.2) is 28.3 Å². The Morgan fingerprint density at radius 1 is 1.07 bits per heavy atom. The Balaban J connectivity index is 1.59. The molecule has 0 amide bonds. The lowest BCUT2D eigenvalue weighted by molar-refractivity contribution is 0.390. The molecule has 0 bridgehead atoms. The molecule has 0 saturated carbocycles. The number of hydrogen-bond acceptors (Lipinski definition) is 6. The third kappa shape index (κ3) is 3.34. The first kappa shape index (κ1) is 17.7. The van der Waals surface area contributed by atoms with Crippen molar-refractivity contribution in [3.8, 4) is 11.4 Å². The predicted molar refractivity (Wildman–Crippen MR) is 99.8 cm³/mol. The monoisotopic (exact) mass is 387 g/mol. The van der Waals surface area contributed by atoms with Crippen LogP contribution in [0.1, 0.15) is 36.5 Å². The normalized spacial score (nSPS) is 14.6. The van der Waals surface area contributed by atoms with E-state index in [1.807, 2.05) is 12.1 Å². The standard InChI is InChI=1S/C18H21N5O3S/c1-12-17(13(2)26-21-12)27(24,25)22-15-9-7-14(8-10-15)18-20-19-16-6-4-3-5-11-23(16)18/h7-10,22H,3-6,11H2,1-2H3. The molecule has 0 fully saturated rings. The Hall–Kier alpha value is -2.68. The van der Waals surface area contributed by atoms with Crippen LogP contribution in [0.3, 0.4) is 0 Å². The minimum atomic E-state index is -3.76. The molecule has 3 heterocycles. The van der Waals surface area contributed by atoms with Gasteiger partial charge < -0.3 is 9.09 Å². The molecule has 0 atom stereocenters. The average Bonchev–Trinajstić information content (AvgIpc) is 3.10. The highest BCUT2D eigenvalue weighted by Crippen LogP contribution is 2.26. The van der Waals surface area contributed by atoms with Gasteiger partial charge in [0.05, 0.1) is 0 Å². The molecule has 3 aromatic rings. The number of nitrogens with zero attached hydrogens (tertiary/aromatic N) is 4. The molecule has 2 aromatic heterocycles. The molecule has 1 aliphatic rings. The highest BCUT2D eigenvalue weighted by molar-refractivity contribution is 7.92. The summed E-state index contributed by atoms with van der Waals surface area (Å²) >= 11 is 0. The van der Waals surface area contributed by atoms with Crippen molar-refractivity contribution in [1.82, 2.24) is 19.9 Å². The van der Waals surface area contributed by atoms with Crippen molar-refractivity contribution in [1.29, 1.82) is 0 Å². The molecule has 8 nitrogen and oxygen atoms in total. The predicted octanol–water partition coefficient (Wildman–Crippen LogP) is 3.08. The first-order valence-corrected chi connectivity index (χ1v) is 10.4. The first-order valence-electron chi connectivity index (χ1n) is 8.94. The smallest absolute Gasteiger partial charge is 0.267 e. The molecule has 9 heteroatoms. The van der Waals surface area contributed by atoms with Gasteiger partial charge in [-0.3, -0.25) is 4.72 Å². The summed E-state index contributed by atoms with van der Waals surface area (Å²) in [5.74, 6) is 2.11. The van der Waals surface area contributed by atoms with Crippen LogP contribution in [0.15, 0.2) is 33.7 Å². The second-order valence-electron chi connectivity index (χ2n) is 6.74. The second-order valence-corrected chi connectivity index (χ2v) is 8.36. The zero-order valence-corrected chi connectivity index (χ0v) is 16.1. The molecule has 0 unspecified atom stereocenters. The van der Waals surface area contributed by atoms with Gasteiger partial charge in [-0.2, -0.15) is 0 Å². The fourth-order valence-corrected chi connectivity index (χ4v) is 4.84. The van der Waals surface area contributed by atoms with Gasteiger partial charge >= 0.3 is 0 Å². The van der Waals surface area contributed by atoms with Gasteiger partial charge in [-0.05, 0) is 51.0 Å². The van der Waals surface area contributed by atoms with E-state index in [2.05, 4.69) is 24.6 Å². The third-order valence-electron chi connectivity index (χ3n) is 4.74. The Morgan fingerprint density at radius 3 is 2.56 bits per heavy atom. The largest absolute Gasteiger partial charge is 0.360 e. The van der Waals surface area contributed by atoms with Crippen LogP contribution in [0.4, 0.5) is 5.69 Å². The van der Waals surface area contributed by atoms with E-state index in [1.165, 1.54) is 6.42 Å². The highest BCUT2D eigenvalue weighted by Gasteiger charge is 2.24. The summed E-state index contributed by atoms with van der Waals surface area (Å²) in [5.41, 5.74) is 1.72. The van der Waals surface area contributed by atoms with Crippen molar-refractivity contribution in [2.24, 2.45) is 0 Å². The van der Waals surface area contributed by atoms with Crippen LogP contribution in [0.25, 0.3) is 11.4 Å². The lowest BCUT2D eigenvalue weighted by Crippen LogP contribution is -2.14. The molecule has 1 aromatic carbocycles. The SMILES string of the molecule is Cc1noc(C)c1S(=O)(=O)Nc1ccc(-c2nnc3n2CCCCC3)cc1. The fourth-order valence-electron chi connectivity index (χ4n) is 3.45. The van der Waals surface area contributed by atoms with Gasteiger partial charge in [-0.25, -0.2) is 8.42 Å². The maximum Gasteiger partial charge on any atom is 0.267 e. The Labute approximate surface area is 157 Å². The number of fused-ring (bicyclic) bond motifs is 1. The van der Waals surface area contributed by atoms with Crippen molar-refractivity contribution in [3.63, 3.8) is 0 Å². The number of rotatable bonds is 4. The number of anilines is 1. The molecule has 1 aliphatic heterocycles. The lowest BCUT2D eigenvalue weighted by atomic mass is 10.2. The van der Waals surface area contributed by atoms with Gasteiger partial charge in [0.15, 0.2) is 16.5 Å². The molecule has 0 aliphatic carbocycles. The molecular formula is C18H21N5O3S. The summed E-state index contributed by atoms with van der Waals surface area (Å²) in [6, 6.07) is 7.16. The third-order valence-corrected chi connectivity index (χ3v) is 6.37. The summed E-state index contributed by atoms with van der Waals surface area (Å²) in [5, 5.41) is 12.4. The summed E-state index contributed by atoms with van der Waals surface area (Å²) in [4.78, 5) is 0.0781. The number of aromatic nitrogens is 4. The van der Waals surface area contributed by atoms with Crippen molar-refractivity contribution >= 4 is 15.7 Å². The second kappa shape index (κ2) is 6.80. The minimum Gasteiger partial charge on any atom is -0.360 e. The van der Waals surface area contributed by atoms with E-state index in [1.54, 1.807) is 26.0 Å². The summed E-state index contributed by atoms with van der Waals surface area (Å²) in [6.07, 6.45) is 4.40. The molecule has 142 valence electrons. The number of aryl methyl sites for hydroxylation is 3. The van der Waals surface area contributed by atoms with Crippen molar-refractivity contribution in [3.05, 3.63) is 41.5 Å². The molecular weight excluding hydrogens is 366 g/mol. The van der Waals surface area contributed by atoms with Gasteiger partial charge in [0.25, 0.3) is 10.0 Å². The number of sulfonamides is 1. The molecule has 4 rings (SSSR count).